The molecule has 0 aliphatic heterocycles. The predicted octanol–water partition coefficient (Wildman–Crippen LogP) is 1.73. The molecular formula is C13H21ClN2O. The molecule has 1 atom stereocenters. The van der Waals surface area contributed by atoms with Gasteiger partial charge in [0, 0.05) is 6.54 Å². The van der Waals surface area contributed by atoms with Crippen LogP contribution >= 0.6 is 12.4 Å². The van der Waals surface area contributed by atoms with E-state index < -0.39 is 6.04 Å². The summed E-state index contributed by atoms with van der Waals surface area (Å²) in [5, 5.41) is 2.81. The van der Waals surface area contributed by atoms with Crippen molar-refractivity contribution in [2.45, 2.75) is 33.2 Å². The van der Waals surface area contributed by atoms with E-state index in [1.165, 1.54) is 16.7 Å². The van der Waals surface area contributed by atoms with Crippen molar-refractivity contribution in [1.29, 1.82) is 0 Å². The quantitative estimate of drug-likeness (QED) is 0.862. The van der Waals surface area contributed by atoms with Gasteiger partial charge in [0.1, 0.15) is 0 Å². The number of carbonyl (C=O) groups is 1. The Morgan fingerprint density at radius 3 is 2.29 bits per heavy atom. The second-order valence-electron chi connectivity index (χ2n) is 4.33. The first kappa shape index (κ1) is 15.9. The highest BCUT2D eigenvalue weighted by molar-refractivity contribution is 5.85. The lowest BCUT2D eigenvalue weighted by atomic mass is 10.1. The highest BCUT2D eigenvalue weighted by Crippen LogP contribution is 2.08. The van der Waals surface area contributed by atoms with E-state index in [-0.39, 0.29) is 18.3 Å². The first-order valence-electron chi connectivity index (χ1n) is 5.59. The first-order chi connectivity index (χ1) is 7.49. The van der Waals surface area contributed by atoms with Crippen molar-refractivity contribution in [3.8, 4) is 0 Å². The van der Waals surface area contributed by atoms with Gasteiger partial charge in [0.2, 0.25) is 5.91 Å². The van der Waals surface area contributed by atoms with Crippen molar-refractivity contribution in [3.05, 3.63) is 34.9 Å². The number of amides is 1. The summed E-state index contributed by atoms with van der Waals surface area (Å²) in [5.41, 5.74) is 9.22. The number of nitrogens with two attached hydrogens (primary N) is 1. The van der Waals surface area contributed by atoms with Gasteiger partial charge in [0.15, 0.2) is 0 Å². The van der Waals surface area contributed by atoms with Gasteiger partial charge < -0.3 is 11.1 Å². The maximum Gasteiger partial charge on any atom is 0.236 e. The lowest BCUT2D eigenvalue weighted by molar-refractivity contribution is -0.121. The van der Waals surface area contributed by atoms with Gasteiger partial charge in [-0.1, -0.05) is 29.3 Å². The van der Waals surface area contributed by atoms with Crippen LogP contribution in [0.3, 0.4) is 0 Å². The molecule has 1 aromatic rings. The van der Waals surface area contributed by atoms with Crippen molar-refractivity contribution in [1.82, 2.24) is 5.32 Å². The van der Waals surface area contributed by atoms with Gasteiger partial charge in [-0.15, -0.1) is 12.4 Å². The molecule has 0 radical (unpaired) electrons. The number of aryl methyl sites for hydroxylation is 2. The summed E-state index contributed by atoms with van der Waals surface area (Å²) >= 11 is 0. The van der Waals surface area contributed by atoms with E-state index in [0.717, 1.165) is 6.42 Å². The van der Waals surface area contributed by atoms with Gasteiger partial charge in [-0.25, -0.2) is 0 Å². The molecule has 4 heteroatoms. The number of hydrogen-bond acceptors (Lipinski definition) is 2. The number of hydrogen-bond donors (Lipinski definition) is 2. The molecule has 0 heterocycles. The number of benzene rings is 1. The Labute approximate surface area is 109 Å². The van der Waals surface area contributed by atoms with Crippen LogP contribution in [0.25, 0.3) is 0 Å². The van der Waals surface area contributed by atoms with E-state index in [0.29, 0.717) is 6.54 Å². The standard InChI is InChI=1S/C13H20N2O.ClH/c1-9-6-10(2)8-12(7-9)4-5-15-13(16)11(3)14;/h6-8,11H,4-5,14H2,1-3H3,(H,15,16);1H/t11-;/m0./s1. The Morgan fingerprint density at radius 1 is 1.29 bits per heavy atom. The van der Waals surface area contributed by atoms with E-state index >= 15 is 0 Å². The largest absolute Gasteiger partial charge is 0.354 e. The van der Waals surface area contributed by atoms with Gasteiger partial charge >= 0.3 is 0 Å². The molecule has 0 spiro atoms. The van der Waals surface area contributed by atoms with Crippen LogP contribution in [0, 0.1) is 13.8 Å². The van der Waals surface area contributed by atoms with Crippen molar-refractivity contribution < 1.29 is 4.79 Å². The minimum Gasteiger partial charge on any atom is -0.354 e. The molecule has 1 aromatic carbocycles. The Balaban J connectivity index is 0.00000256. The third-order valence-electron chi connectivity index (χ3n) is 2.41. The summed E-state index contributed by atoms with van der Waals surface area (Å²) in [4.78, 5) is 11.2. The Hall–Kier alpha value is -1.06. The normalized spacial score (nSPS) is 11.5. The summed E-state index contributed by atoms with van der Waals surface area (Å²) in [6.07, 6.45) is 0.848. The average molecular weight is 257 g/mol. The van der Waals surface area contributed by atoms with Crippen molar-refractivity contribution >= 4 is 18.3 Å². The fourth-order valence-electron chi connectivity index (χ4n) is 1.70. The van der Waals surface area contributed by atoms with Crippen LogP contribution in [0.2, 0.25) is 0 Å². The van der Waals surface area contributed by atoms with Crippen LogP contribution in [-0.4, -0.2) is 18.5 Å². The van der Waals surface area contributed by atoms with Gasteiger partial charge in [0.05, 0.1) is 6.04 Å². The molecule has 0 unspecified atom stereocenters. The van der Waals surface area contributed by atoms with Crippen LogP contribution < -0.4 is 11.1 Å². The van der Waals surface area contributed by atoms with E-state index in [1.807, 2.05) is 0 Å². The molecule has 3 N–H and O–H groups in total. The monoisotopic (exact) mass is 256 g/mol. The number of carbonyl (C=O) groups excluding carboxylic acids is 1. The number of rotatable bonds is 4. The molecule has 96 valence electrons. The molecule has 1 amide bonds. The van der Waals surface area contributed by atoms with Crippen molar-refractivity contribution in [2.75, 3.05) is 6.54 Å². The second kappa shape index (κ2) is 7.30. The van der Waals surface area contributed by atoms with E-state index in [1.54, 1.807) is 6.92 Å². The van der Waals surface area contributed by atoms with Crippen molar-refractivity contribution in [3.63, 3.8) is 0 Å². The zero-order chi connectivity index (χ0) is 12.1. The van der Waals surface area contributed by atoms with Gasteiger partial charge in [-0.2, -0.15) is 0 Å². The molecule has 0 saturated heterocycles. The zero-order valence-corrected chi connectivity index (χ0v) is 11.4. The Kier molecular flexibility index (Phi) is 6.85. The molecule has 17 heavy (non-hydrogen) atoms. The predicted molar refractivity (Wildman–Crippen MR) is 73.5 cm³/mol. The van der Waals surface area contributed by atoms with Crippen LogP contribution in [0.15, 0.2) is 18.2 Å². The summed E-state index contributed by atoms with van der Waals surface area (Å²) in [5.74, 6) is -0.0932. The average Bonchev–Trinajstić information content (AvgIpc) is 2.15. The minimum absolute atomic E-state index is 0. The molecule has 0 bridgehead atoms. The topological polar surface area (TPSA) is 55.1 Å². The smallest absolute Gasteiger partial charge is 0.236 e. The molecule has 3 nitrogen and oxygen atoms in total. The number of halogens is 1. The molecule has 0 aromatic heterocycles. The highest BCUT2D eigenvalue weighted by Gasteiger charge is 2.05. The van der Waals surface area contributed by atoms with Gasteiger partial charge in [-0.05, 0) is 32.8 Å². The van der Waals surface area contributed by atoms with Crippen molar-refractivity contribution in [2.24, 2.45) is 5.73 Å². The first-order valence-corrected chi connectivity index (χ1v) is 5.59. The maximum absolute atomic E-state index is 11.2. The lowest BCUT2D eigenvalue weighted by Gasteiger charge is -2.08. The van der Waals surface area contributed by atoms with Gasteiger partial charge in [-0.3, -0.25) is 4.79 Å². The maximum atomic E-state index is 11.2. The summed E-state index contributed by atoms with van der Waals surface area (Å²) in [6, 6.07) is 6.00. The fraction of sp³-hybridized carbons (Fsp3) is 0.462. The summed E-state index contributed by atoms with van der Waals surface area (Å²) < 4.78 is 0. The third-order valence-corrected chi connectivity index (χ3v) is 2.41. The molecule has 1 rings (SSSR count). The van der Waals surface area contributed by atoms with Crippen LogP contribution in [0.4, 0.5) is 0 Å². The third kappa shape index (κ3) is 5.71. The lowest BCUT2D eigenvalue weighted by Crippen LogP contribution is -2.39. The molecule has 0 aliphatic carbocycles. The van der Waals surface area contributed by atoms with E-state index in [9.17, 15) is 4.79 Å². The summed E-state index contributed by atoms with van der Waals surface area (Å²) in [6.45, 7) is 6.49. The van der Waals surface area contributed by atoms with E-state index in [2.05, 4.69) is 37.4 Å². The van der Waals surface area contributed by atoms with Crippen LogP contribution in [0.5, 0.6) is 0 Å². The molecular weight excluding hydrogens is 236 g/mol. The molecule has 0 fully saturated rings. The Bertz CT molecular complexity index is 357. The Morgan fingerprint density at radius 2 is 1.82 bits per heavy atom. The van der Waals surface area contributed by atoms with E-state index in [4.69, 9.17) is 5.73 Å². The van der Waals surface area contributed by atoms with Crippen LogP contribution in [0.1, 0.15) is 23.6 Å². The van der Waals surface area contributed by atoms with Crippen LogP contribution in [-0.2, 0) is 11.2 Å². The molecule has 0 saturated carbocycles. The fourth-order valence-corrected chi connectivity index (χ4v) is 1.70. The molecule has 0 aliphatic rings. The summed E-state index contributed by atoms with van der Waals surface area (Å²) in [7, 11) is 0. The zero-order valence-electron chi connectivity index (χ0n) is 10.6. The second-order valence-corrected chi connectivity index (χ2v) is 4.33. The highest BCUT2D eigenvalue weighted by atomic mass is 35.5. The number of nitrogens with one attached hydrogen (secondary N) is 1. The minimum atomic E-state index is -0.431. The van der Waals surface area contributed by atoms with Gasteiger partial charge in [0.25, 0.3) is 0 Å². The SMILES string of the molecule is Cc1cc(C)cc(CCNC(=O)[C@H](C)N)c1.Cl.